The van der Waals surface area contributed by atoms with Gasteiger partial charge in [0.2, 0.25) is 11.8 Å². The van der Waals surface area contributed by atoms with Crippen molar-refractivity contribution in [3.63, 3.8) is 0 Å². The number of nitrogens with one attached hydrogen (secondary N) is 2. The Morgan fingerprint density at radius 3 is 2.00 bits per heavy atom. The van der Waals surface area contributed by atoms with Gasteiger partial charge in [-0.25, -0.2) is 0 Å². The molecule has 6 heteroatoms. The number of carbonyl (C=O) groups is 3. The van der Waals surface area contributed by atoms with Gasteiger partial charge in [0.1, 0.15) is 11.2 Å². The van der Waals surface area contributed by atoms with E-state index in [1.807, 2.05) is 0 Å². The topological polar surface area (TPSA) is 84.5 Å². The van der Waals surface area contributed by atoms with Crippen LogP contribution in [-0.4, -0.2) is 24.7 Å². The minimum absolute atomic E-state index is 0.0547. The van der Waals surface area contributed by atoms with Crippen molar-refractivity contribution >= 4 is 29.0 Å². The summed E-state index contributed by atoms with van der Waals surface area (Å²) in [5.74, 6) is -0.339. The fraction of sp³-hybridized carbons (Fsp3) is 0.250. The maximum atomic E-state index is 12.6. The van der Waals surface area contributed by atoms with Gasteiger partial charge >= 0.3 is 0 Å². The molecule has 26 heavy (non-hydrogen) atoms. The smallest absolute Gasteiger partial charge is 0.239 e. The molecule has 0 saturated heterocycles. The predicted octanol–water partition coefficient (Wildman–Crippen LogP) is 3.50. The molecular weight excluding hydrogens is 332 g/mol. The molecule has 2 amide bonds. The van der Waals surface area contributed by atoms with Gasteiger partial charge in [0.15, 0.2) is 5.78 Å². The zero-order valence-electron chi connectivity index (χ0n) is 15.3. The summed E-state index contributed by atoms with van der Waals surface area (Å²) in [7, 11) is 1.54. The molecule has 2 N–H and O–H groups in total. The van der Waals surface area contributed by atoms with E-state index in [-0.39, 0.29) is 5.78 Å². The zero-order valence-corrected chi connectivity index (χ0v) is 15.3. The van der Waals surface area contributed by atoms with Crippen molar-refractivity contribution in [3.8, 4) is 5.75 Å². The molecule has 0 radical (unpaired) electrons. The van der Waals surface area contributed by atoms with Crippen molar-refractivity contribution < 1.29 is 19.1 Å². The Balaban J connectivity index is 2.07. The maximum absolute atomic E-state index is 12.6. The van der Waals surface area contributed by atoms with E-state index in [0.29, 0.717) is 22.7 Å². The van der Waals surface area contributed by atoms with Crippen LogP contribution in [0.1, 0.15) is 31.1 Å². The van der Waals surface area contributed by atoms with E-state index in [1.165, 1.54) is 14.0 Å². The van der Waals surface area contributed by atoms with Crippen LogP contribution >= 0.6 is 0 Å². The lowest BCUT2D eigenvalue weighted by Crippen LogP contribution is -2.41. The van der Waals surface area contributed by atoms with Gasteiger partial charge in [-0.3, -0.25) is 14.4 Å². The number of benzene rings is 2. The molecule has 0 aliphatic carbocycles. The number of amides is 2. The molecule has 136 valence electrons. The second-order valence-corrected chi connectivity index (χ2v) is 6.40. The zero-order chi connectivity index (χ0) is 19.3. The fourth-order valence-electron chi connectivity index (χ4n) is 2.17. The monoisotopic (exact) mass is 354 g/mol. The van der Waals surface area contributed by atoms with Crippen LogP contribution in [0.3, 0.4) is 0 Å². The summed E-state index contributed by atoms with van der Waals surface area (Å²) in [6.07, 6.45) is 0. The third-order valence-electron chi connectivity index (χ3n) is 4.01. The van der Waals surface area contributed by atoms with E-state index in [1.54, 1.807) is 62.4 Å². The van der Waals surface area contributed by atoms with Crippen LogP contribution < -0.4 is 15.4 Å². The maximum Gasteiger partial charge on any atom is 0.239 e. The van der Waals surface area contributed by atoms with E-state index in [9.17, 15) is 14.4 Å². The van der Waals surface area contributed by atoms with E-state index in [2.05, 4.69) is 10.6 Å². The summed E-state index contributed by atoms with van der Waals surface area (Å²) >= 11 is 0. The van der Waals surface area contributed by atoms with E-state index in [0.717, 1.165) is 0 Å². The van der Waals surface area contributed by atoms with Crippen LogP contribution in [-0.2, 0) is 9.59 Å². The number of ether oxygens (including phenoxy) is 1. The number of ketones is 1. The largest absolute Gasteiger partial charge is 0.497 e. The molecule has 0 aliphatic rings. The van der Waals surface area contributed by atoms with Gasteiger partial charge in [-0.15, -0.1) is 0 Å². The first kappa shape index (κ1) is 19.2. The molecule has 0 heterocycles. The highest BCUT2D eigenvalue weighted by atomic mass is 16.5. The van der Waals surface area contributed by atoms with Gasteiger partial charge < -0.3 is 15.4 Å². The Kier molecular flexibility index (Phi) is 5.77. The van der Waals surface area contributed by atoms with Crippen molar-refractivity contribution in [3.05, 3.63) is 54.1 Å². The van der Waals surface area contributed by atoms with E-state index < -0.39 is 17.2 Å². The molecule has 0 unspecified atom stereocenters. The van der Waals surface area contributed by atoms with Crippen LogP contribution in [0.4, 0.5) is 11.4 Å². The summed E-state index contributed by atoms with van der Waals surface area (Å²) < 4.78 is 5.12. The molecule has 2 rings (SSSR count). The minimum atomic E-state index is -1.30. The third-order valence-corrected chi connectivity index (χ3v) is 4.01. The van der Waals surface area contributed by atoms with Crippen molar-refractivity contribution in [2.75, 3.05) is 17.7 Å². The average Bonchev–Trinajstić information content (AvgIpc) is 2.62. The van der Waals surface area contributed by atoms with Gasteiger partial charge in [0, 0.05) is 23.0 Å². The molecule has 6 nitrogen and oxygen atoms in total. The Morgan fingerprint density at radius 2 is 1.46 bits per heavy atom. The van der Waals surface area contributed by atoms with Gasteiger partial charge in [-0.2, -0.15) is 0 Å². The Labute approximate surface area is 152 Å². The molecule has 0 aromatic heterocycles. The van der Waals surface area contributed by atoms with Gasteiger partial charge in [0.05, 0.1) is 7.11 Å². The van der Waals surface area contributed by atoms with Crippen LogP contribution in [0, 0.1) is 5.41 Å². The molecular formula is C20H22N2O4. The molecule has 0 fully saturated rings. The van der Waals surface area contributed by atoms with Gasteiger partial charge in [-0.1, -0.05) is 6.07 Å². The molecule has 0 spiro atoms. The summed E-state index contributed by atoms with van der Waals surface area (Å²) in [5, 5.41) is 5.43. The average molecular weight is 354 g/mol. The van der Waals surface area contributed by atoms with Crippen molar-refractivity contribution in [1.82, 2.24) is 0 Å². The molecule has 0 atom stereocenters. The van der Waals surface area contributed by atoms with Crippen molar-refractivity contribution in [2.24, 2.45) is 5.41 Å². The first-order valence-electron chi connectivity index (χ1n) is 8.12. The lowest BCUT2D eigenvalue weighted by atomic mass is 9.90. The number of methoxy groups -OCH3 is 1. The summed E-state index contributed by atoms with van der Waals surface area (Å²) in [6.45, 7) is 4.56. The van der Waals surface area contributed by atoms with Crippen molar-refractivity contribution in [2.45, 2.75) is 20.8 Å². The summed E-state index contributed by atoms with van der Waals surface area (Å²) in [6, 6.07) is 13.4. The summed E-state index contributed by atoms with van der Waals surface area (Å²) in [5.41, 5.74) is 0.309. The van der Waals surface area contributed by atoms with E-state index in [4.69, 9.17) is 4.74 Å². The second-order valence-electron chi connectivity index (χ2n) is 6.40. The Morgan fingerprint density at radius 1 is 0.885 bits per heavy atom. The standard InChI is InChI=1S/C20H22N2O4/c1-13(23)14-8-10-15(11-9-14)21-18(24)20(2,3)19(25)22-16-6-5-7-17(12-16)26-4/h5-12H,1-4H3,(H,21,24)(H,22,25). The molecule has 0 bridgehead atoms. The van der Waals surface area contributed by atoms with Gasteiger partial charge in [0.25, 0.3) is 0 Å². The quantitative estimate of drug-likeness (QED) is 0.614. The normalized spacial score (nSPS) is 10.8. The minimum Gasteiger partial charge on any atom is -0.497 e. The number of hydrogen-bond donors (Lipinski definition) is 2. The van der Waals surface area contributed by atoms with Crippen LogP contribution in [0.2, 0.25) is 0 Å². The Bertz CT molecular complexity index is 826. The fourth-order valence-corrected chi connectivity index (χ4v) is 2.17. The van der Waals surface area contributed by atoms with Crippen LogP contribution in [0.15, 0.2) is 48.5 Å². The number of hydrogen-bond acceptors (Lipinski definition) is 4. The third kappa shape index (κ3) is 4.47. The molecule has 2 aromatic carbocycles. The van der Waals surface area contributed by atoms with Gasteiger partial charge in [-0.05, 0) is 57.2 Å². The number of Topliss-reactive ketones (excluding diaryl/α,β-unsaturated/α-hetero) is 1. The van der Waals surface area contributed by atoms with Crippen molar-refractivity contribution in [1.29, 1.82) is 0 Å². The van der Waals surface area contributed by atoms with Crippen LogP contribution in [0.5, 0.6) is 5.75 Å². The summed E-state index contributed by atoms with van der Waals surface area (Å²) in [4.78, 5) is 36.4. The second kappa shape index (κ2) is 7.82. The highest BCUT2D eigenvalue weighted by Crippen LogP contribution is 2.23. The number of rotatable bonds is 6. The first-order chi connectivity index (χ1) is 12.2. The molecule has 0 aliphatic heterocycles. The lowest BCUT2D eigenvalue weighted by molar-refractivity contribution is -0.135. The van der Waals surface area contributed by atoms with E-state index >= 15 is 0 Å². The number of carbonyl (C=O) groups excluding carboxylic acids is 3. The predicted molar refractivity (Wildman–Crippen MR) is 100 cm³/mol. The highest BCUT2D eigenvalue weighted by molar-refractivity contribution is 6.14. The lowest BCUT2D eigenvalue weighted by Gasteiger charge is -2.23. The SMILES string of the molecule is COc1cccc(NC(=O)C(C)(C)C(=O)Nc2ccc(C(C)=O)cc2)c1. The highest BCUT2D eigenvalue weighted by Gasteiger charge is 2.36. The molecule has 2 aromatic rings. The number of anilines is 2. The van der Waals surface area contributed by atoms with Crippen LogP contribution in [0.25, 0.3) is 0 Å². The first-order valence-corrected chi connectivity index (χ1v) is 8.12. The molecule has 0 saturated carbocycles. The Hall–Kier alpha value is -3.15.